The lowest BCUT2D eigenvalue weighted by atomic mass is 9.82. The predicted octanol–water partition coefficient (Wildman–Crippen LogP) is 3.88. The minimum atomic E-state index is -2.08. The summed E-state index contributed by atoms with van der Waals surface area (Å²) in [4.78, 5) is 53.0. The number of hydrogen-bond donors (Lipinski definition) is 1. The highest BCUT2D eigenvalue weighted by Gasteiger charge is 2.48. The number of rotatable bonds is 10. The first-order valence-electron chi connectivity index (χ1n) is 13.1. The maximum Gasteiger partial charge on any atom is 0.410 e. The Morgan fingerprint density at radius 3 is 2.42 bits per heavy atom. The lowest BCUT2D eigenvalue weighted by Gasteiger charge is -2.45. The lowest BCUT2D eigenvalue weighted by molar-refractivity contribution is -0.141. The summed E-state index contributed by atoms with van der Waals surface area (Å²) in [5.41, 5.74) is 0.467. The van der Waals surface area contributed by atoms with Gasteiger partial charge in [-0.15, -0.1) is 0 Å². The van der Waals surface area contributed by atoms with Crippen molar-refractivity contribution in [1.82, 2.24) is 15.1 Å². The summed E-state index contributed by atoms with van der Waals surface area (Å²) in [6.07, 6.45) is 1.75. The fraction of sp³-hybridized carbons (Fsp3) is 0.704. The molecule has 2 aliphatic rings. The van der Waals surface area contributed by atoms with Crippen LogP contribution in [0.15, 0.2) is 24.3 Å². The second-order valence-corrected chi connectivity index (χ2v) is 16.7. The molecule has 11 heteroatoms. The zero-order chi connectivity index (χ0) is 29.0. The van der Waals surface area contributed by atoms with Gasteiger partial charge in [-0.3, -0.25) is 14.5 Å². The van der Waals surface area contributed by atoms with E-state index in [-0.39, 0.29) is 48.4 Å². The van der Waals surface area contributed by atoms with Crippen molar-refractivity contribution in [3.63, 3.8) is 0 Å². The maximum atomic E-state index is 13.2. The Balaban J connectivity index is 2.11. The van der Waals surface area contributed by atoms with Crippen LogP contribution in [0.4, 0.5) is 9.59 Å². The monoisotopic (exact) mass is 551 g/mol. The zero-order valence-corrected chi connectivity index (χ0v) is 25.3. The van der Waals surface area contributed by atoms with Gasteiger partial charge in [-0.05, 0) is 37.6 Å². The van der Waals surface area contributed by atoms with Crippen LogP contribution in [-0.4, -0.2) is 93.5 Å². The molecule has 2 aliphatic heterocycles. The van der Waals surface area contributed by atoms with Crippen molar-refractivity contribution in [2.45, 2.75) is 89.9 Å². The molecule has 0 aliphatic carbocycles. The molecule has 0 unspecified atom stereocenters. The first-order valence-corrected chi connectivity index (χ1v) is 16.0. The van der Waals surface area contributed by atoms with Gasteiger partial charge < -0.3 is 24.1 Å². The van der Waals surface area contributed by atoms with Crippen LogP contribution in [0.1, 0.15) is 47.5 Å². The maximum absolute atomic E-state index is 13.2. The summed E-state index contributed by atoms with van der Waals surface area (Å²) in [6.45, 7) is 18.1. The summed E-state index contributed by atoms with van der Waals surface area (Å²) < 4.78 is 17.1. The minimum absolute atomic E-state index is 0.00479. The molecule has 214 valence electrons. The molecule has 0 spiro atoms. The SMILES string of the molecule is C=CCOC(=O)N1C[C@H](OC(=O)N(C)C)C[C@H]1C=C(C)C(=O)C[C@H]1NC(=O)[C@@H]1[C@@H](C)O[Si](C)(C)C(C)(C)C. The van der Waals surface area contributed by atoms with Gasteiger partial charge in [0.25, 0.3) is 0 Å². The topological polar surface area (TPSA) is 114 Å². The second kappa shape index (κ2) is 12.5. The Kier molecular flexibility index (Phi) is 10.3. The van der Waals surface area contributed by atoms with Gasteiger partial charge in [0, 0.05) is 26.9 Å². The molecule has 2 rings (SSSR count). The van der Waals surface area contributed by atoms with Gasteiger partial charge in [-0.1, -0.05) is 39.5 Å². The van der Waals surface area contributed by atoms with E-state index in [0.717, 1.165) is 0 Å². The average Bonchev–Trinajstić information content (AvgIpc) is 3.17. The van der Waals surface area contributed by atoms with Crippen molar-refractivity contribution < 1.29 is 33.1 Å². The first-order chi connectivity index (χ1) is 17.5. The van der Waals surface area contributed by atoms with Crippen LogP contribution >= 0.6 is 0 Å². The Labute approximate surface area is 227 Å². The summed E-state index contributed by atoms with van der Waals surface area (Å²) in [6, 6.07) is -0.798. The van der Waals surface area contributed by atoms with Crippen molar-refractivity contribution in [2.24, 2.45) is 5.92 Å². The van der Waals surface area contributed by atoms with Gasteiger partial charge in [0.15, 0.2) is 14.1 Å². The summed E-state index contributed by atoms with van der Waals surface area (Å²) in [5, 5.41) is 2.86. The third-order valence-corrected chi connectivity index (χ3v) is 12.2. The highest BCUT2D eigenvalue weighted by molar-refractivity contribution is 6.74. The fourth-order valence-electron chi connectivity index (χ4n) is 4.37. The molecule has 2 saturated heterocycles. The molecule has 0 aromatic carbocycles. The number of carbonyl (C=O) groups is 4. The number of ketones is 1. The van der Waals surface area contributed by atoms with E-state index < -0.39 is 38.6 Å². The van der Waals surface area contributed by atoms with Crippen molar-refractivity contribution in [3.05, 3.63) is 24.3 Å². The second-order valence-electron chi connectivity index (χ2n) is 11.9. The fourth-order valence-corrected chi connectivity index (χ4v) is 5.80. The Morgan fingerprint density at radius 1 is 1.26 bits per heavy atom. The largest absolute Gasteiger partial charge is 0.445 e. The molecule has 1 N–H and O–H groups in total. The first kappa shape index (κ1) is 31.6. The van der Waals surface area contributed by atoms with Crippen molar-refractivity contribution in [2.75, 3.05) is 27.2 Å². The lowest BCUT2D eigenvalue weighted by Crippen LogP contribution is -2.64. The normalized spacial score (nSPS) is 24.7. The van der Waals surface area contributed by atoms with E-state index >= 15 is 0 Å². The highest BCUT2D eigenvalue weighted by Crippen LogP contribution is 2.39. The number of Topliss-reactive ketones (excluding diaryl/α,β-unsaturated/α-hetero) is 1. The number of hydrogen-bond acceptors (Lipinski definition) is 7. The molecule has 3 amide bonds. The van der Waals surface area contributed by atoms with Crippen LogP contribution in [0.25, 0.3) is 0 Å². The van der Waals surface area contributed by atoms with Crippen LogP contribution in [0.5, 0.6) is 0 Å². The number of β-lactam (4-membered cyclic amide) rings is 1. The number of ether oxygens (including phenoxy) is 2. The van der Waals surface area contributed by atoms with E-state index in [1.807, 2.05) is 6.92 Å². The predicted molar refractivity (Wildman–Crippen MR) is 147 cm³/mol. The number of amides is 3. The molecule has 0 aromatic heterocycles. The Morgan fingerprint density at radius 2 is 1.89 bits per heavy atom. The Bertz CT molecular complexity index is 957. The van der Waals surface area contributed by atoms with E-state index in [1.54, 1.807) is 27.1 Å². The quantitative estimate of drug-likeness (QED) is 0.190. The molecule has 0 radical (unpaired) electrons. The van der Waals surface area contributed by atoms with Crippen molar-refractivity contribution in [3.8, 4) is 0 Å². The molecule has 38 heavy (non-hydrogen) atoms. The van der Waals surface area contributed by atoms with Crippen molar-refractivity contribution in [1.29, 1.82) is 0 Å². The molecule has 2 fully saturated rings. The van der Waals surface area contributed by atoms with Crippen LogP contribution in [0, 0.1) is 5.92 Å². The van der Waals surface area contributed by atoms with Crippen LogP contribution < -0.4 is 5.32 Å². The summed E-state index contributed by atoms with van der Waals surface area (Å²) in [7, 11) is 1.08. The van der Waals surface area contributed by atoms with Gasteiger partial charge in [0.2, 0.25) is 5.91 Å². The van der Waals surface area contributed by atoms with Crippen molar-refractivity contribution >= 4 is 32.2 Å². The molecular weight excluding hydrogens is 506 g/mol. The van der Waals surface area contributed by atoms with E-state index in [1.165, 1.54) is 15.9 Å². The molecule has 2 heterocycles. The summed E-state index contributed by atoms with van der Waals surface area (Å²) in [5.74, 6) is -0.631. The van der Waals surface area contributed by atoms with E-state index in [0.29, 0.717) is 12.0 Å². The number of allylic oxidation sites excluding steroid dienone is 1. The summed E-state index contributed by atoms with van der Waals surface area (Å²) >= 11 is 0. The number of nitrogens with one attached hydrogen (secondary N) is 1. The molecule has 5 atom stereocenters. The smallest absolute Gasteiger partial charge is 0.410 e. The third-order valence-electron chi connectivity index (χ3n) is 7.64. The average molecular weight is 552 g/mol. The highest BCUT2D eigenvalue weighted by atomic mass is 28.4. The van der Waals surface area contributed by atoms with E-state index in [9.17, 15) is 19.2 Å². The standard InChI is InChI=1S/C27H45N3O7Si/c1-11-12-35-26(34)30-16-20(36-25(33)29(7)8)14-19(30)13-17(2)22(31)15-21-23(24(32)28-21)18(3)37-38(9,10)27(4,5)6/h11,13,18-21,23H,1,12,14-16H2,2-10H3,(H,28,32)/t18-,19-,20-,21-,23-/m1/s1. The van der Waals surface area contributed by atoms with Gasteiger partial charge >= 0.3 is 12.2 Å². The number of likely N-dealkylation sites (tertiary alicyclic amines) is 1. The van der Waals surface area contributed by atoms with E-state index in [4.69, 9.17) is 13.9 Å². The molecular formula is C27H45N3O7Si. The van der Waals surface area contributed by atoms with Gasteiger partial charge in [-0.2, -0.15) is 0 Å². The number of carbonyl (C=O) groups excluding carboxylic acids is 4. The molecule has 10 nitrogen and oxygen atoms in total. The van der Waals surface area contributed by atoms with E-state index in [2.05, 4.69) is 45.8 Å². The third kappa shape index (κ3) is 7.69. The van der Waals surface area contributed by atoms with Gasteiger partial charge in [-0.25, -0.2) is 9.59 Å². The Hall–Kier alpha value is -2.66. The van der Waals surface area contributed by atoms with Crippen LogP contribution in [0.3, 0.4) is 0 Å². The molecule has 0 bridgehead atoms. The van der Waals surface area contributed by atoms with Crippen LogP contribution in [-0.2, 0) is 23.5 Å². The minimum Gasteiger partial charge on any atom is -0.445 e. The number of nitrogens with zero attached hydrogens (tertiary/aromatic N) is 2. The zero-order valence-electron chi connectivity index (χ0n) is 24.3. The van der Waals surface area contributed by atoms with Gasteiger partial charge in [0.1, 0.15) is 12.7 Å². The molecule has 0 saturated carbocycles. The van der Waals surface area contributed by atoms with Gasteiger partial charge in [0.05, 0.1) is 30.7 Å². The molecule has 0 aromatic rings. The van der Waals surface area contributed by atoms with Crippen LogP contribution in [0.2, 0.25) is 18.1 Å².